The first kappa shape index (κ1) is 19.8. The molecule has 2 aromatic heterocycles. The lowest BCUT2D eigenvalue weighted by Crippen LogP contribution is -2.30. The number of nitrogens with zero attached hydrogens (tertiary/aromatic N) is 3. The predicted octanol–water partition coefficient (Wildman–Crippen LogP) is 3.82. The molecular weight excluding hydrogens is 382 g/mol. The molecule has 3 aromatic rings. The van der Waals surface area contributed by atoms with Crippen molar-refractivity contribution in [3.05, 3.63) is 63.0 Å². The maximum absolute atomic E-state index is 13.0. The maximum atomic E-state index is 13.0. The molecule has 1 aliphatic carbocycles. The molecule has 1 aliphatic rings. The van der Waals surface area contributed by atoms with Gasteiger partial charge < -0.3 is 4.90 Å². The molecule has 0 bridgehead atoms. The summed E-state index contributed by atoms with van der Waals surface area (Å²) in [6.45, 7) is 1.10. The van der Waals surface area contributed by atoms with Crippen LogP contribution in [0.5, 0.6) is 0 Å². The van der Waals surface area contributed by atoms with Crippen molar-refractivity contribution >= 4 is 27.5 Å². The molecule has 1 amide bonds. The van der Waals surface area contributed by atoms with E-state index < -0.39 is 0 Å². The molecule has 0 atom stereocenters. The first-order valence-electron chi connectivity index (χ1n) is 10.4. The van der Waals surface area contributed by atoms with Crippen LogP contribution in [0.1, 0.15) is 41.7 Å². The summed E-state index contributed by atoms with van der Waals surface area (Å²) in [5, 5.41) is 0.788. The average molecular weight is 410 g/mol. The summed E-state index contributed by atoms with van der Waals surface area (Å²) in [5.41, 5.74) is 2.50. The van der Waals surface area contributed by atoms with Crippen molar-refractivity contribution < 1.29 is 4.79 Å². The van der Waals surface area contributed by atoms with Gasteiger partial charge in [0.05, 0.1) is 11.7 Å². The highest BCUT2D eigenvalue weighted by Gasteiger charge is 2.20. The van der Waals surface area contributed by atoms with Gasteiger partial charge in [-0.15, -0.1) is 11.3 Å². The quantitative estimate of drug-likeness (QED) is 0.596. The minimum Gasteiger partial charge on any atom is -0.346 e. The van der Waals surface area contributed by atoms with Crippen molar-refractivity contribution in [1.82, 2.24) is 14.5 Å². The van der Waals surface area contributed by atoms with Gasteiger partial charge in [0.25, 0.3) is 5.56 Å². The van der Waals surface area contributed by atoms with Crippen LogP contribution in [0.3, 0.4) is 0 Å². The van der Waals surface area contributed by atoms with E-state index in [4.69, 9.17) is 0 Å². The van der Waals surface area contributed by atoms with Crippen LogP contribution in [0.2, 0.25) is 0 Å². The molecule has 0 radical (unpaired) electrons. The monoisotopic (exact) mass is 409 g/mol. The van der Waals surface area contributed by atoms with Gasteiger partial charge in [0.1, 0.15) is 4.83 Å². The van der Waals surface area contributed by atoms with Gasteiger partial charge in [-0.3, -0.25) is 14.2 Å². The molecule has 0 spiro atoms. The van der Waals surface area contributed by atoms with Crippen LogP contribution < -0.4 is 5.56 Å². The number of aryl methyl sites for hydroxylation is 4. The molecule has 4 rings (SSSR count). The van der Waals surface area contributed by atoms with Crippen molar-refractivity contribution in [2.45, 2.75) is 51.5 Å². The number of thiophene rings is 1. The van der Waals surface area contributed by atoms with Crippen molar-refractivity contribution in [1.29, 1.82) is 0 Å². The van der Waals surface area contributed by atoms with Crippen LogP contribution in [-0.2, 0) is 30.6 Å². The molecule has 0 saturated carbocycles. The Morgan fingerprint density at radius 1 is 1.21 bits per heavy atom. The fourth-order valence-corrected chi connectivity index (χ4v) is 5.26. The summed E-state index contributed by atoms with van der Waals surface area (Å²) < 4.78 is 1.61. The Hall–Kier alpha value is -2.47. The highest BCUT2D eigenvalue weighted by molar-refractivity contribution is 7.18. The van der Waals surface area contributed by atoms with E-state index in [1.54, 1.807) is 27.1 Å². The van der Waals surface area contributed by atoms with Crippen molar-refractivity contribution in [2.24, 2.45) is 0 Å². The highest BCUT2D eigenvalue weighted by Crippen LogP contribution is 2.33. The second kappa shape index (κ2) is 8.91. The second-order valence-electron chi connectivity index (χ2n) is 7.79. The zero-order chi connectivity index (χ0) is 20.2. The number of carbonyl (C=O) groups is 1. The molecular formula is C23H27N3O2S. The number of fused-ring (bicyclic) bond motifs is 3. The van der Waals surface area contributed by atoms with E-state index in [1.807, 2.05) is 25.2 Å². The van der Waals surface area contributed by atoms with E-state index in [9.17, 15) is 9.59 Å². The smallest absolute Gasteiger partial charge is 0.262 e. The lowest BCUT2D eigenvalue weighted by atomic mass is 9.97. The Bertz CT molecular complexity index is 1060. The van der Waals surface area contributed by atoms with Gasteiger partial charge in [0.15, 0.2) is 0 Å². The van der Waals surface area contributed by atoms with Crippen LogP contribution in [0.25, 0.3) is 10.2 Å². The summed E-state index contributed by atoms with van der Waals surface area (Å²) in [7, 11) is 1.84. The van der Waals surface area contributed by atoms with Crippen molar-refractivity contribution in [3.8, 4) is 0 Å². The standard InChI is InChI=1S/C23H27N3O2S/c1-25(14-7-10-17-8-3-2-4-9-17)20(27)13-15-26-16-24-22-21(23(26)28)18-11-5-6-12-19(18)29-22/h2-4,8-9,16H,5-7,10-15H2,1H3. The molecule has 2 heterocycles. The number of carbonyl (C=O) groups excluding carboxylic acids is 1. The van der Waals surface area contributed by atoms with Gasteiger partial charge in [-0.05, 0) is 49.7 Å². The average Bonchev–Trinajstić information content (AvgIpc) is 3.13. The normalized spacial score (nSPS) is 13.4. The van der Waals surface area contributed by atoms with E-state index in [1.165, 1.54) is 22.4 Å². The fraction of sp³-hybridized carbons (Fsp3) is 0.435. The molecule has 1 aromatic carbocycles. The van der Waals surface area contributed by atoms with E-state index in [0.717, 1.165) is 48.9 Å². The Morgan fingerprint density at radius 2 is 2.00 bits per heavy atom. The van der Waals surface area contributed by atoms with E-state index in [2.05, 4.69) is 17.1 Å². The van der Waals surface area contributed by atoms with Crippen LogP contribution >= 0.6 is 11.3 Å². The summed E-state index contributed by atoms with van der Waals surface area (Å²) in [5.74, 6) is 0.0670. The molecule has 29 heavy (non-hydrogen) atoms. The number of benzene rings is 1. The molecule has 0 aliphatic heterocycles. The Morgan fingerprint density at radius 3 is 2.83 bits per heavy atom. The molecule has 0 fully saturated rings. The number of aromatic nitrogens is 2. The van der Waals surface area contributed by atoms with E-state index in [-0.39, 0.29) is 11.5 Å². The SMILES string of the molecule is CN(CCCc1ccccc1)C(=O)CCn1cnc2sc3c(c2c1=O)CCCC3. The maximum Gasteiger partial charge on any atom is 0.262 e. The first-order valence-corrected chi connectivity index (χ1v) is 11.2. The number of hydrogen-bond donors (Lipinski definition) is 0. The van der Waals surface area contributed by atoms with Gasteiger partial charge in [0, 0.05) is 31.4 Å². The van der Waals surface area contributed by atoms with Crippen LogP contribution in [-0.4, -0.2) is 34.0 Å². The summed E-state index contributed by atoms with van der Waals surface area (Å²) in [4.78, 5) is 33.9. The third-order valence-electron chi connectivity index (χ3n) is 5.74. The topological polar surface area (TPSA) is 55.2 Å². The zero-order valence-electron chi connectivity index (χ0n) is 16.9. The molecule has 0 saturated heterocycles. The summed E-state index contributed by atoms with van der Waals surface area (Å²) in [6, 6.07) is 10.3. The van der Waals surface area contributed by atoms with Crippen LogP contribution in [0.15, 0.2) is 41.5 Å². The third-order valence-corrected chi connectivity index (χ3v) is 6.94. The highest BCUT2D eigenvalue weighted by atomic mass is 32.1. The van der Waals surface area contributed by atoms with Crippen LogP contribution in [0, 0.1) is 0 Å². The minimum atomic E-state index is 0.00827. The molecule has 152 valence electrons. The van der Waals surface area contributed by atoms with E-state index in [0.29, 0.717) is 13.0 Å². The molecule has 5 nitrogen and oxygen atoms in total. The minimum absolute atomic E-state index is 0.00827. The van der Waals surface area contributed by atoms with Gasteiger partial charge in [0.2, 0.25) is 5.91 Å². The lowest BCUT2D eigenvalue weighted by molar-refractivity contribution is -0.130. The van der Waals surface area contributed by atoms with Gasteiger partial charge in [-0.25, -0.2) is 4.98 Å². The molecule has 0 N–H and O–H groups in total. The lowest BCUT2D eigenvalue weighted by Gasteiger charge is -2.17. The third kappa shape index (κ3) is 4.42. The summed E-state index contributed by atoms with van der Waals surface area (Å²) in [6.07, 6.45) is 8.18. The predicted molar refractivity (Wildman–Crippen MR) is 118 cm³/mol. The summed E-state index contributed by atoms with van der Waals surface area (Å²) >= 11 is 1.66. The van der Waals surface area contributed by atoms with Gasteiger partial charge >= 0.3 is 0 Å². The number of hydrogen-bond acceptors (Lipinski definition) is 4. The number of rotatable bonds is 7. The van der Waals surface area contributed by atoms with Crippen LogP contribution in [0.4, 0.5) is 0 Å². The Kier molecular flexibility index (Phi) is 6.09. The Balaban J connectivity index is 1.35. The molecule has 6 heteroatoms. The fourth-order valence-electron chi connectivity index (χ4n) is 4.04. The molecule has 0 unspecified atom stereocenters. The van der Waals surface area contributed by atoms with Crippen molar-refractivity contribution in [2.75, 3.05) is 13.6 Å². The second-order valence-corrected chi connectivity index (χ2v) is 8.87. The number of amides is 1. The largest absolute Gasteiger partial charge is 0.346 e. The Labute approximate surface area is 175 Å². The first-order chi connectivity index (χ1) is 14.1. The zero-order valence-corrected chi connectivity index (χ0v) is 17.7. The van der Waals surface area contributed by atoms with Gasteiger partial charge in [-0.2, -0.15) is 0 Å². The van der Waals surface area contributed by atoms with Crippen molar-refractivity contribution in [3.63, 3.8) is 0 Å². The van der Waals surface area contributed by atoms with E-state index >= 15 is 0 Å². The van der Waals surface area contributed by atoms with Gasteiger partial charge in [-0.1, -0.05) is 30.3 Å².